The van der Waals surface area contributed by atoms with Crippen LogP contribution in [0.2, 0.25) is 0 Å². The van der Waals surface area contributed by atoms with Crippen molar-refractivity contribution in [2.24, 2.45) is 5.73 Å². The van der Waals surface area contributed by atoms with Gasteiger partial charge in [-0.05, 0) is 36.6 Å². The van der Waals surface area contributed by atoms with Crippen LogP contribution < -0.4 is 5.73 Å². The third-order valence-electron chi connectivity index (χ3n) is 3.43. The summed E-state index contributed by atoms with van der Waals surface area (Å²) in [7, 11) is 0. The van der Waals surface area contributed by atoms with Gasteiger partial charge < -0.3 is 15.4 Å². The molecule has 0 saturated heterocycles. The van der Waals surface area contributed by atoms with Crippen molar-refractivity contribution in [3.8, 4) is 0 Å². The van der Waals surface area contributed by atoms with Gasteiger partial charge >= 0.3 is 5.97 Å². The highest BCUT2D eigenvalue weighted by Crippen LogP contribution is 2.26. The van der Waals surface area contributed by atoms with Gasteiger partial charge in [0.15, 0.2) is 0 Å². The van der Waals surface area contributed by atoms with Crippen LogP contribution in [0.4, 0.5) is 0 Å². The first-order chi connectivity index (χ1) is 9.08. The van der Waals surface area contributed by atoms with Crippen molar-refractivity contribution in [1.29, 1.82) is 0 Å². The van der Waals surface area contributed by atoms with Crippen LogP contribution in [0.3, 0.4) is 0 Å². The lowest BCUT2D eigenvalue weighted by molar-refractivity contribution is 0.0696. The molecule has 3 N–H and O–H groups in total. The van der Waals surface area contributed by atoms with Gasteiger partial charge in [0.05, 0.1) is 5.56 Å². The van der Waals surface area contributed by atoms with E-state index in [0.29, 0.717) is 12.1 Å². The van der Waals surface area contributed by atoms with E-state index in [2.05, 4.69) is 17.7 Å². The van der Waals surface area contributed by atoms with Crippen molar-refractivity contribution in [2.45, 2.75) is 33.2 Å². The second kappa shape index (κ2) is 5.45. The molecule has 0 aliphatic rings. The standard InChI is InChI=1S/C15H20N2O2/c1-3-4-11-9-17(6-5-16)14-7-10(2)12(15(18)19)8-13(11)14/h7-9H,3-6,16H2,1-2H3,(H,18,19). The Morgan fingerprint density at radius 3 is 2.74 bits per heavy atom. The summed E-state index contributed by atoms with van der Waals surface area (Å²) in [6.45, 7) is 5.29. The molecule has 102 valence electrons. The van der Waals surface area contributed by atoms with Crippen molar-refractivity contribution in [3.63, 3.8) is 0 Å². The summed E-state index contributed by atoms with van der Waals surface area (Å²) in [6, 6.07) is 3.75. The normalized spacial score (nSPS) is 11.1. The highest BCUT2D eigenvalue weighted by molar-refractivity contribution is 5.96. The molecule has 19 heavy (non-hydrogen) atoms. The van der Waals surface area contributed by atoms with Crippen LogP contribution in [-0.2, 0) is 13.0 Å². The first kappa shape index (κ1) is 13.6. The molecule has 2 aromatic rings. The highest BCUT2D eigenvalue weighted by Gasteiger charge is 2.14. The molecule has 0 fully saturated rings. The zero-order valence-corrected chi connectivity index (χ0v) is 11.4. The van der Waals surface area contributed by atoms with Crippen molar-refractivity contribution >= 4 is 16.9 Å². The van der Waals surface area contributed by atoms with Gasteiger partial charge in [-0.2, -0.15) is 0 Å². The van der Waals surface area contributed by atoms with Gasteiger partial charge in [0.1, 0.15) is 0 Å². The van der Waals surface area contributed by atoms with Gasteiger partial charge in [0.2, 0.25) is 0 Å². The summed E-state index contributed by atoms with van der Waals surface area (Å²) < 4.78 is 2.12. The van der Waals surface area contributed by atoms with E-state index in [0.717, 1.165) is 35.9 Å². The monoisotopic (exact) mass is 260 g/mol. The maximum Gasteiger partial charge on any atom is 0.335 e. The fraction of sp³-hybridized carbons (Fsp3) is 0.400. The van der Waals surface area contributed by atoms with Crippen LogP contribution in [-0.4, -0.2) is 22.2 Å². The molecule has 4 nitrogen and oxygen atoms in total. The van der Waals surface area contributed by atoms with Crippen LogP contribution in [0.5, 0.6) is 0 Å². The number of nitrogens with two attached hydrogens (primary N) is 1. The summed E-state index contributed by atoms with van der Waals surface area (Å²) in [4.78, 5) is 11.2. The Kier molecular flexibility index (Phi) is 3.90. The van der Waals surface area contributed by atoms with Gasteiger partial charge in [-0.1, -0.05) is 13.3 Å². The van der Waals surface area contributed by atoms with Crippen LogP contribution in [0.15, 0.2) is 18.3 Å². The Morgan fingerprint density at radius 1 is 1.42 bits per heavy atom. The molecular weight excluding hydrogens is 240 g/mol. The Bertz CT molecular complexity index is 614. The second-order valence-corrected chi connectivity index (χ2v) is 4.88. The van der Waals surface area contributed by atoms with Crippen molar-refractivity contribution in [1.82, 2.24) is 4.57 Å². The number of aromatic carboxylic acids is 1. The zero-order valence-electron chi connectivity index (χ0n) is 11.4. The first-order valence-electron chi connectivity index (χ1n) is 6.64. The Balaban J connectivity index is 2.68. The van der Waals surface area contributed by atoms with Crippen LogP contribution in [0, 0.1) is 6.92 Å². The van der Waals surface area contributed by atoms with Crippen LogP contribution in [0.1, 0.15) is 34.8 Å². The minimum atomic E-state index is -0.867. The van der Waals surface area contributed by atoms with Gasteiger partial charge in [-0.25, -0.2) is 4.79 Å². The zero-order chi connectivity index (χ0) is 14.0. The molecule has 0 atom stereocenters. The molecule has 0 saturated carbocycles. The number of aromatic nitrogens is 1. The predicted molar refractivity (Wildman–Crippen MR) is 76.7 cm³/mol. The predicted octanol–water partition coefficient (Wildman–Crippen LogP) is 2.56. The van der Waals surface area contributed by atoms with E-state index in [4.69, 9.17) is 5.73 Å². The van der Waals surface area contributed by atoms with E-state index in [1.807, 2.05) is 13.0 Å². The Morgan fingerprint density at radius 2 is 2.16 bits per heavy atom. The molecule has 0 unspecified atom stereocenters. The van der Waals surface area contributed by atoms with Crippen molar-refractivity contribution in [2.75, 3.05) is 6.54 Å². The average Bonchev–Trinajstić information content (AvgIpc) is 2.67. The Labute approximate surface area is 112 Å². The van der Waals surface area contributed by atoms with E-state index in [1.165, 1.54) is 5.56 Å². The maximum absolute atomic E-state index is 11.2. The van der Waals surface area contributed by atoms with E-state index >= 15 is 0 Å². The topological polar surface area (TPSA) is 68.2 Å². The quantitative estimate of drug-likeness (QED) is 0.868. The molecular formula is C15H20N2O2. The molecule has 1 heterocycles. The lowest BCUT2D eigenvalue weighted by Gasteiger charge is -2.06. The lowest BCUT2D eigenvalue weighted by Crippen LogP contribution is -2.09. The Hall–Kier alpha value is -1.81. The number of carbonyl (C=O) groups is 1. The number of carboxylic acid groups (broad SMARTS) is 1. The number of aryl methyl sites for hydroxylation is 2. The van der Waals surface area contributed by atoms with Gasteiger partial charge in [-0.15, -0.1) is 0 Å². The number of fused-ring (bicyclic) bond motifs is 1. The number of benzene rings is 1. The number of nitrogens with zero attached hydrogens (tertiary/aromatic N) is 1. The molecule has 0 radical (unpaired) electrons. The first-order valence-corrected chi connectivity index (χ1v) is 6.64. The molecule has 2 rings (SSSR count). The van der Waals surface area contributed by atoms with E-state index < -0.39 is 5.97 Å². The largest absolute Gasteiger partial charge is 0.478 e. The summed E-state index contributed by atoms with van der Waals surface area (Å²) in [6.07, 6.45) is 4.10. The van der Waals surface area contributed by atoms with Crippen molar-refractivity contribution < 1.29 is 9.90 Å². The SMILES string of the molecule is CCCc1cn(CCN)c2cc(C)c(C(=O)O)cc12. The summed E-state index contributed by atoms with van der Waals surface area (Å²) in [5.74, 6) is -0.867. The lowest BCUT2D eigenvalue weighted by atomic mass is 10.0. The molecule has 1 aromatic heterocycles. The van der Waals surface area contributed by atoms with Crippen LogP contribution in [0.25, 0.3) is 10.9 Å². The minimum Gasteiger partial charge on any atom is -0.478 e. The maximum atomic E-state index is 11.2. The fourth-order valence-corrected chi connectivity index (χ4v) is 2.54. The molecule has 0 bridgehead atoms. The number of carboxylic acids is 1. The van der Waals surface area contributed by atoms with E-state index in [-0.39, 0.29) is 0 Å². The molecule has 4 heteroatoms. The fourth-order valence-electron chi connectivity index (χ4n) is 2.54. The number of hydrogen-bond acceptors (Lipinski definition) is 2. The third-order valence-corrected chi connectivity index (χ3v) is 3.43. The van der Waals surface area contributed by atoms with E-state index in [1.54, 1.807) is 6.07 Å². The highest BCUT2D eigenvalue weighted by atomic mass is 16.4. The van der Waals surface area contributed by atoms with Gasteiger partial charge in [0, 0.05) is 30.2 Å². The molecule has 0 aliphatic heterocycles. The van der Waals surface area contributed by atoms with Gasteiger partial charge in [-0.3, -0.25) is 0 Å². The molecule has 0 spiro atoms. The minimum absolute atomic E-state index is 0.385. The second-order valence-electron chi connectivity index (χ2n) is 4.88. The molecule has 0 amide bonds. The molecule has 1 aromatic carbocycles. The van der Waals surface area contributed by atoms with E-state index in [9.17, 15) is 9.90 Å². The smallest absolute Gasteiger partial charge is 0.335 e. The van der Waals surface area contributed by atoms with Crippen LogP contribution >= 0.6 is 0 Å². The molecule has 0 aliphatic carbocycles. The summed E-state index contributed by atoms with van der Waals surface area (Å²) in [5, 5.41) is 10.3. The average molecular weight is 260 g/mol. The van der Waals surface area contributed by atoms with Crippen molar-refractivity contribution in [3.05, 3.63) is 35.0 Å². The third kappa shape index (κ3) is 2.49. The number of hydrogen-bond donors (Lipinski definition) is 2. The summed E-state index contributed by atoms with van der Waals surface area (Å²) >= 11 is 0. The van der Waals surface area contributed by atoms with Gasteiger partial charge in [0.25, 0.3) is 0 Å². The number of rotatable bonds is 5. The summed E-state index contributed by atoms with van der Waals surface area (Å²) in [5.41, 5.74) is 9.09.